The Morgan fingerprint density at radius 3 is 2.85 bits per heavy atom. The Balaban J connectivity index is 2.36. The van der Waals surface area contributed by atoms with Crippen molar-refractivity contribution in [3.05, 3.63) is 52.7 Å². The number of halogens is 1. The molecule has 0 saturated carbocycles. The molecule has 0 fully saturated rings. The number of nitrogens with zero attached hydrogens (tertiary/aromatic N) is 1. The Labute approximate surface area is 127 Å². The number of hydrogen-bond donors (Lipinski definition) is 1. The molecule has 1 aromatic carbocycles. The minimum absolute atomic E-state index is 0.123. The number of aromatic nitrogens is 1. The number of amides is 1. The highest BCUT2D eigenvalue weighted by atomic mass is 35.5. The van der Waals surface area contributed by atoms with E-state index in [0.29, 0.717) is 10.6 Å². The van der Waals surface area contributed by atoms with Gasteiger partial charge in [0.2, 0.25) is 0 Å². The summed E-state index contributed by atoms with van der Waals surface area (Å²) in [6, 6.07) is 10.9. The normalized spacial score (nSPS) is 10.3. The van der Waals surface area contributed by atoms with Crippen molar-refractivity contribution in [2.75, 3.05) is 5.75 Å². The van der Waals surface area contributed by atoms with Gasteiger partial charge in [-0.05, 0) is 37.3 Å². The molecule has 104 valence electrons. The van der Waals surface area contributed by atoms with E-state index in [2.05, 4.69) is 9.71 Å². The van der Waals surface area contributed by atoms with Crippen molar-refractivity contribution in [1.29, 1.82) is 0 Å². The van der Waals surface area contributed by atoms with Crippen molar-refractivity contribution in [2.45, 2.75) is 13.8 Å². The van der Waals surface area contributed by atoms with Crippen LogP contribution in [-0.2, 0) is 0 Å². The minimum Gasteiger partial charge on any atom is -0.296 e. The second kappa shape index (κ2) is 6.77. The molecule has 20 heavy (non-hydrogen) atoms. The van der Waals surface area contributed by atoms with Crippen molar-refractivity contribution in [2.24, 2.45) is 0 Å². The van der Waals surface area contributed by atoms with E-state index in [0.717, 1.165) is 22.7 Å². The SMILES string of the molecule is CCSNC(=O)c1ccc(Cl)c(-c2cccc(C)n2)c1. The molecule has 0 aliphatic carbocycles. The van der Waals surface area contributed by atoms with E-state index in [1.54, 1.807) is 18.2 Å². The molecular weight excluding hydrogens is 292 g/mol. The van der Waals surface area contributed by atoms with Crippen molar-refractivity contribution in [3.63, 3.8) is 0 Å². The Bertz CT molecular complexity index is 631. The number of hydrogen-bond acceptors (Lipinski definition) is 3. The number of nitrogens with one attached hydrogen (secondary N) is 1. The van der Waals surface area contributed by atoms with Gasteiger partial charge in [0.05, 0.1) is 10.7 Å². The smallest absolute Gasteiger partial charge is 0.261 e. The fourth-order valence-electron chi connectivity index (χ4n) is 1.75. The maximum atomic E-state index is 12.0. The summed E-state index contributed by atoms with van der Waals surface area (Å²) >= 11 is 7.59. The van der Waals surface area contributed by atoms with Gasteiger partial charge in [0, 0.05) is 22.6 Å². The van der Waals surface area contributed by atoms with Crippen LogP contribution in [0.5, 0.6) is 0 Å². The number of rotatable bonds is 4. The first-order chi connectivity index (χ1) is 9.61. The lowest BCUT2D eigenvalue weighted by molar-refractivity contribution is 0.0984. The summed E-state index contributed by atoms with van der Waals surface area (Å²) in [4.78, 5) is 16.4. The number of benzene rings is 1. The van der Waals surface area contributed by atoms with Crippen LogP contribution < -0.4 is 4.72 Å². The minimum atomic E-state index is -0.123. The highest BCUT2D eigenvalue weighted by molar-refractivity contribution is 7.97. The molecule has 0 saturated heterocycles. The van der Waals surface area contributed by atoms with Crippen LogP contribution in [0, 0.1) is 6.92 Å². The molecule has 0 bridgehead atoms. The Morgan fingerprint density at radius 2 is 2.15 bits per heavy atom. The Kier molecular flexibility index (Phi) is 5.04. The van der Waals surface area contributed by atoms with Crippen molar-refractivity contribution < 1.29 is 4.79 Å². The monoisotopic (exact) mass is 306 g/mol. The fourth-order valence-corrected chi connectivity index (χ4v) is 2.36. The van der Waals surface area contributed by atoms with Crippen LogP contribution >= 0.6 is 23.5 Å². The summed E-state index contributed by atoms with van der Waals surface area (Å²) < 4.78 is 2.77. The van der Waals surface area contributed by atoms with Gasteiger partial charge >= 0.3 is 0 Å². The maximum absolute atomic E-state index is 12.0. The summed E-state index contributed by atoms with van der Waals surface area (Å²) in [5.41, 5.74) is 3.03. The van der Waals surface area contributed by atoms with E-state index in [9.17, 15) is 4.79 Å². The maximum Gasteiger partial charge on any atom is 0.261 e. The van der Waals surface area contributed by atoms with Crippen LogP contribution in [0.2, 0.25) is 5.02 Å². The number of aryl methyl sites for hydroxylation is 1. The predicted molar refractivity (Wildman–Crippen MR) is 85.0 cm³/mol. The molecule has 3 nitrogen and oxygen atoms in total. The summed E-state index contributed by atoms with van der Waals surface area (Å²) in [5, 5.41) is 0.586. The average molecular weight is 307 g/mol. The third-order valence-corrected chi connectivity index (χ3v) is 3.65. The molecule has 0 aliphatic heterocycles. The summed E-state index contributed by atoms with van der Waals surface area (Å²) in [6.45, 7) is 3.90. The predicted octanol–water partition coefficient (Wildman–Crippen LogP) is 4.11. The summed E-state index contributed by atoms with van der Waals surface area (Å²) in [6.07, 6.45) is 0. The van der Waals surface area contributed by atoms with Gasteiger partial charge in [0.15, 0.2) is 0 Å². The van der Waals surface area contributed by atoms with Crippen LogP contribution in [0.3, 0.4) is 0 Å². The molecular formula is C15H15ClN2OS. The molecule has 2 rings (SSSR count). The second-order valence-corrected chi connectivity index (χ2v) is 5.70. The van der Waals surface area contributed by atoms with Crippen molar-refractivity contribution >= 4 is 29.5 Å². The first-order valence-corrected chi connectivity index (χ1v) is 7.64. The molecule has 2 aromatic rings. The van der Waals surface area contributed by atoms with Gasteiger partial charge in [-0.3, -0.25) is 14.5 Å². The van der Waals surface area contributed by atoms with E-state index < -0.39 is 0 Å². The molecule has 0 radical (unpaired) electrons. The molecule has 0 spiro atoms. The van der Waals surface area contributed by atoms with E-state index in [1.165, 1.54) is 11.9 Å². The van der Waals surface area contributed by atoms with Crippen LogP contribution in [0.4, 0.5) is 0 Å². The third kappa shape index (κ3) is 3.52. The van der Waals surface area contributed by atoms with Crippen LogP contribution in [-0.4, -0.2) is 16.6 Å². The number of pyridine rings is 1. The van der Waals surface area contributed by atoms with Gasteiger partial charge in [-0.25, -0.2) is 0 Å². The topological polar surface area (TPSA) is 42.0 Å². The molecule has 5 heteroatoms. The van der Waals surface area contributed by atoms with E-state index in [-0.39, 0.29) is 5.91 Å². The van der Waals surface area contributed by atoms with Crippen LogP contribution in [0.25, 0.3) is 11.3 Å². The number of carbonyl (C=O) groups is 1. The first-order valence-electron chi connectivity index (χ1n) is 6.27. The first kappa shape index (κ1) is 14.9. The zero-order valence-corrected chi connectivity index (χ0v) is 12.9. The summed E-state index contributed by atoms with van der Waals surface area (Å²) in [5.74, 6) is 0.702. The van der Waals surface area contributed by atoms with Gasteiger partial charge in [0.1, 0.15) is 0 Å². The standard InChI is InChI=1S/C15H15ClN2OS/c1-3-20-18-15(19)11-7-8-13(16)12(9-11)14-6-4-5-10(2)17-14/h4-9H,3H2,1-2H3,(H,18,19). The van der Waals surface area contributed by atoms with Gasteiger partial charge in [0.25, 0.3) is 5.91 Å². The lowest BCUT2D eigenvalue weighted by Crippen LogP contribution is -2.16. The van der Waals surface area contributed by atoms with Crippen LogP contribution in [0.15, 0.2) is 36.4 Å². The third-order valence-electron chi connectivity index (χ3n) is 2.70. The Hall–Kier alpha value is -1.52. The van der Waals surface area contributed by atoms with Crippen LogP contribution in [0.1, 0.15) is 23.0 Å². The molecule has 0 unspecified atom stereocenters. The molecule has 1 amide bonds. The largest absolute Gasteiger partial charge is 0.296 e. The lowest BCUT2D eigenvalue weighted by Gasteiger charge is -2.08. The van der Waals surface area contributed by atoms with Gasteiger partial charge < -0.3 is 0 Å². The van der Waals surface area contributed by atoms with E-state index >= 15 is 0 Å². The number of carbonyl (C=O) groups excluding carboxylic acids is 1. The zero-order chi connectivity index (χ0) is 14.5. The van der Waals surface area contributed by atoms with E-state index in [4.69, 9.17) is 11.6 Å². The molecule has 1 heterocycles. The Morgan fingerprint density at radius 1 is 1.35 bits per heavy atom. The van der Waals surface area contributed by atoms with Gasteiger partial charge in [-0.1, -0.05) is 36.5 Å². The van der Waals surface area contributed by atoms with E-state index in [1.807, 2.05) is 32.0 Å². The molecule has 0 aliphatic rings. The molecule has 1 N–H and O–H groups in total. The van der Waals surface area contributed by atoms with Crippen molar-refractivity contribution in [1.82, 2.24) is 9.71 Å². The fraction of sp³-hybridized carbons (Fsp3) is 0.200. The molecule has 0 atom stereocenters. The zero-order valence-electron chi connectivity index (χ0n) is 11.3. The second-order valence-electron chi connectivity index (χ2n) is 4.22. The van der Waals surface area contributed by atoms with Gasteiger partial charge in [-0.2, -0.15) is 0 Å². The quantitative estimate of drug-likeness (QED) is 0.864. The molecule has 1 aromatic heterocycles. The highest BCUT2D eigenvalue weighted by Gasteiger charge is 2.11. The average Bonchev–Trinajstić information content (AvgIpc) is 2.45. The summed E-state index contributed by atoms with van der Waals surface area (Å²) in [7, 11) is 0. The van der Waals surface area contributed by atoms with Crippen molar-refractivity contribution in [3.8, 4) is 11.3 Å². The lowest BCUT2D eigenvalue weighted by atomic mass is 10.1. The van der Waals surface area contributed by atoms with Gasteiger partial charge in [-0.15, -0.1) is 0 Å². The highest BCUT2D eigenvalue weighted by Crippen LogP contribution is 2.27.